The zero-order valence-corrected chi connectivity index (χ0v) is 14.2. The van der Waals surface area contributed by atoms with Crippen LogP contribution in [-0.2, 0) is 27.6 Å². The van der Waals surface area contributed by atoms with Gasteiger partial charge in [-0.15, -0.1) is 0 Å². The van der Waals surface area contributed by atoms with Crippen LogP contribution >= 0.6 is 0 Å². The van der Waals surface area contributed by atoms with Crippen LogP contribution in [0.2, 0.25) is 5.54 Å². The second-order valence-corrected chi connectivity index (χ2v) is 8.60. The van der Waals surface area contributed by atoms with Crippen molar-refractivity contribution in [1.82, 2.24) is 0 Å². The average Bonchev–Trinajstić information content (AvgIpc) is 3.12. The van der Waals surface area contributed by atoms with Gasteiger partial charge < -0.3 is 18.0 Å². The van der Waals surface area contributed by atoms with Gasteiger partial charge in [0.15, 0.2) is 0 Å². The topological polar surface area (TPSA) is 71.1 Å². The maximum Gasteiger partial charge on any atom is 0.504 e. The molecule has 0 amide bonds. The molecule has 0 spiro atoms. The van der Waals surface area contributed by atoms with Gasteiger partial charge >= 0.3 is 20.7 Å². The zero-order valence-electron chi connectivity index (χ0n) is 13.2. The number of hydrogen-bond donors (Lipinski definition) is 0. The molecule has 1 saturated carbocycles. The molecule has 0 radical (unpaired) electrons. The Hall–Kier alpha value is -1.02. The smallest absolute Gasteiger partial charge is 0.389 e. The highest BCUT2D eigenvalue weighted by Gasteiger charge is 2.64. The summed E-state index contributed by atoms with van der Waals surface area (Å²) in [4.78, 5) is 23.8. The predicted octanol–water partition coefficient (Wildman–Crippen LogP) is 1.82. The minimum Gasteiger partial charge on any atom is -0.389 e. The highest BCUT2D eigenvalue weighted by molar-refractivity contribution is 6.62. The normalized spacial score (nSPS) is 30.2. The van der Waals surface area contributed by atoms with E-state index in [1.165, 1.54) is 0 Å². The van der Waals surface area contributed by atoms with Gasteiger partial charge in [0.2, 0.25) is 0 Å². The Kier molecular flexibility index (Phi) is 4.24. The summed E-state index contributed by atoms with van der Waals surface area (Å²) < 4.78 is 22.8. The third kappa shape index (κ3) is 2.19. The van der Waals surface area contributed by atoms with Crippen molar-refractivity contribution in [3.05, 3.63) is 11.1 Å². The van der Waals surface area contributed by atoms with E-state index in [-0.39, 0.29) is 11.5 Å². The summed E-state index contributed by atoms with van der Waals surface area (Å²) in [5.74, 6) is -1.30. The van der Waals surface area contributed by atoms with Crippen LogP contribution in [0.4, 0.5) is 0 Å². The van der Waals surface area contributed by atoms with Gasteiger partial charge in [-0.25, -0.2) is 4.79 Å². The summed E-state index contributed by atoms with van der Waals surface area (Å²) >= 11 is 0. The molecule has 2 bridgehead atoms. The Bertz CT molecular complexity index is 511. The Morgan fingerprint density at radius 3 is 2.18 bits per heavy atom. The van der Waals surface area contributed by atoms with Crippen molar-refractivity contribution >= 4 is 20.7 Å². The van der Waals surface area contributed by atoms with Gasteiger partial charge in [0.05, 0.1) is 11.5 Å². The molecule has 0 aromatic carbocycles. The van der Waals surface area contributed by atoms with E-state index >= 15 is 0 Å². The molecule has 7 heteroatoms. The second-order valence-electron chi connectivity index (χ2n) is 5.78. The number of rotatable bonds is 7. The number of fused-ring (bicyclic) bond motifs is 4. The molecular weight excluding hydrogens is 304 g/mol. The van der Waals surface area contributed by atoms with Gasteiger partial charge in [-0.3, -0.25) is 4.79 Å². The highest BCUT2D eigenvalue weighted by Crippen LogP contribution is 2.60. The molecule has 0 aromatic heterocycles. The van der Waals surface area contributed by atoms with Crippen LogP contribution in [-0.4, -0.2) is 40.6 Å². The third-order valence-corrected chi connectivity index (χ3v) is 8.36. The summed E-state index contributed by atoms with van der Waals surface area (Å²) in [7, 11) is -2.88. The minimum absolute atomic E-state index is 0.0141. The van der Waals surface area contributed by atoms with E-state index in [1.807, 2.05) is 20.8 Å². The number of allylic oxidation sites excluding steroid dienone is 1. The molecule has 1 heterocycles. The van der Waals surface area contributed by atoms with Crippen molar-refractivity contribution in [1.29, 1.82) is 0 Å². The standard InChI is InChI=1S/C15H22O6Si/c1-4-18-22(19-5-2,20-6-3)11-8-9-7-10(11)13-12(9)14(16)21-15(13)17/h10-11,13H,4-8H2,1-3H3. The van der Waals surface area contributed by atoms with Gasteiger partial charge in [0, 0.05) is 25.4 Å². The van der Waals surface area contributed by atoms with Crippen LogP contribution in [0.15, 0.2) is 11.1 Å². The Labute approximate surface area is 131 Å². The average molecular weight is 326 g/mol. The molecule has 3 rings (SSSR count). The summed E-state index contributed by atoms with van der Waals surface area (Å²) in [5, 5.41) is 0. The SMILES string of the molecule is CCO[Si](OCC)(OCC)C1CC2=C3C(=O)OC(=O)C3C1C2. The predicted molar refractivity (Wildman–Crippen MR) is 78.7 cm³/mol. The number of carbonyl (C=O) groups excluding carboxylic acids is 2. The van der Waals surface area contributed by atoms with Crippen molar-refractivity contribution in [2.24, 2.45) is 11.8 Å². The van der Waals surface area contributed by atoms with Crippen molar-refractivity contribution in [3.8, 4) is 0 Å². The first-order chi connectivity index (χ1) is 10.6. The molecule has 6 nitrogen and oxygen atoms in total. The monoisotopic (exact) mass is 326 g/mol. The lowest BCUT2D eigenvalue weighted by Gasteiger charge is -2.37. The van der Waals surface area contributed by atoms with E-state index in [2.05, 4.69) is 0 Å². The fourth-order valence-electron chi connectivity index (χ4n) is 4.14. The van der Waals surface area contributed by atoms with Gasteiger partial charge in [-0.1, -0.05) is 5.57 Å². The Morgan fingerprint density at radius 2 is 1.64 bits per heavy atom. The molecule has 1 saturated heterocycles. The maximum atomic E-state index is 12.0. The number of hydrogen-bond acceptors (Lipinski definition) is 6. The summed E-state index contributed by atoms with van der Waals surface area (Å²) in [6.07, 6.45) is 1.47. The molecular formula is C15H22O6Si. The number of carbonyl (C=O) groups is 2. The molecule has 2 aliphatic carbocycles. The van der Waals surface area contributed by atoms with Crippen molar-refractivity contribution in [2.75, 3.05) is 19.8 Å². The molecule has 1 aliphatic heterocycles. The van der Waals surface area contributed by atoms with Gasteiger partial charge in [0.25, 0.3) is 0 Å². The lowest BCUT2D eigenvalue weighted by Crippen LogP contribution is -2.52. The summed E-state index contributed by atoms with van der Waals surface area (Å²) in [6.45, 7) is 7.29. The Balaban J connectivity index is 1.94. The first kappa shape index (κ1) is 15.9. The van der Waals surface area contributed by atoms with Gasteiger partial charge in [0.1, 0.15) is 0 Å². The largest absolute Gasteiger partial charge is 0.504 e. The van der Waals surface area contributed by atoms with Crippen LogP contribution in [0.5, 0.6) is 0 Å². The maximum absolute atomic E-state index is 12.0. The molecule has 0 aromatic rings. The summed E-state index contributed by atoms with van der Waals surface area (Å²) in [5.41, 5.74) is 1.67. The number of ether oxygens (including phenoxy) is 1. The quantitative estimate of drug-likeness (QED) is 0.404. The van der Waals surface area contributed by atoms with E-state index < -0.39 is 26.7 Å². The van der Waals surface area contributed by atoms with Crippen LogP contribution in [0.1, 0.15) is 33.6 Å². The molecule has 2 fully saturated rings. The lowest BCUT2D eigenvalue weighted by molar-refractivity contribution is -0.153. The minimum atomic E-state index is -2.88. The van der Waals surface area contributed by atoms with Crippen LogP contribution in [0.3, 0.4) is 0 Å². The van der Waals surface area contributed by atoms with E-state index in [0.717, 1.165) is 12.0 Å². The lowest BCUT2D eigenvalue weighted by atomic mass is 9.87. The molecule has 22 heavy (non-hydrogen) atoms. The zero-order chi connectivity index (χ0) is 15.9. The first-order valence-electron chi connectivity index (χ1n) is 7.97. The molecule has 122 valence electrons. The highest BCUT2D eigenvalue weighted by atomic mass is 28.4. The van der Waals surface area contributed by atoms with E-state index in [1.54, 1.807) is 0 Å². The molecule has 3 unspecified atom stereocenters. The number of esters is 2. The van der Waals surface area contributed by atoms with Gasteiger partial charge in [-0.05, 0) is 39.5 Å². The first-order valence-corrected chi connectivity index (χ1v) is 9.77. The van der Waals surface area contributed by atoms with E-state index in [0.29, 0.717) is 31.8 Å². The fourth-order valence-corrected chi connectivity index (χ4v) is 7.57. The summed E-state index contributed by atoms with van der Waals surface area (Å²) in [6, 6.07) is 0. The van der Waals surface area contributed by atoms with Crippen LogP contribution in [0.25, 0.3) is 0 Å². The fraction of sp³-hybridized carbons (Fsp3) is 0.733. The molecule has 3 atom stereocenters. The van der Waals surface area contributed by atoms with Crippen LogP contribution in [0, 0.1) is 11.8 Å². The number of cyclic esters (lactones) is 2. The van der Waals surface area contributed by atoms with E-state index in [4.69, 9.17) is 18.0 Å². The molecule has 0 N–H and O–H groups in total. The van der Waals surface area contributed by atoms with Gasteiger partial charge in [-0.2, -0.15) is 0 Å². The van der Waals surface area contributed by atoms with Crippen molar-refractivity contribution in [2.45, 2.75) is 39.2 Å². The van der Waals surface area contributed by atoms with E-state index in [9.17, 15) is 9.59 Å². The third-order valence-electron chi connectivity index (χ3n) is 4.74. The molecule has 3 aliphatic rings. The second kappa shape index (κ2) is 5.88. The van der Waals surface area contributed by atoms with Crippen molar-refractivity contribution in [3.63, 3.8) is 0 Å². The van der Waals surface area contributed by atoms with Crippen molar-refractivity contribution < 1.29 is 27.6 Å². The van der Waals surface area contributed by atoms with Crippen LogP contribution < -0.4 is 0 Å². The Morgan fingerprint density at radius 1 is 1.05 bits per heavy atom.